The maximum atomic E-state index is 12.6. The third-order valence-corrected chi connectivity index (χ3v) is 2.93. The first-order valence-corrected chi connectivity index (χ1v) is 6.04. The quantitative estimate of drug-likeness (QED) is 0.922. The van der Waals surface area contributed by atoms with Crippen molar-refractivity contribution in [1.29, 1.82) is 0 Å². The van der Waals surface area contributed by atoms with Gasteiger partial charge in [0.05, 0.1) is 6.61 Å². The van der Waals surface area contributed by atoms with E-state index in [4.69, 9.17) is 9.47 Å². The average Bonchev–Trinajstić information content (AvgIpc) is 2.65. The normalized spacial score (nSPS) is 19.8. The molecule has 0 radical (unpaired) electrons. The molecule has 1 aliphatic rings. The Morgan fingerprint density at radius 3 is 2.74 bits per heavy atom. The molecule has 2 atom stereocenters. The Hall–Kier alpha value is -1.43. The van der Waals surface area contributed by atoms with Crippen LogP contribution in [0.2, 0.25) is 0 Å². The third kappa shape index (κ3) is 2.78. The van der Waals surface area contributed by atoms with Crippen LogP contribution in [-0.2, 0) is 6.42 Å². The predicted molar refractivity (Wildman–Crippen MR) is 62.4 cm³/mol. The molecule has 0 amide bonds. The molecule has 2 unspecified atom stereocenters. The summed E-state index contributed by atoms with van der Waals surface area (Å²) in [6.45, 7) is 3.74. The summed E-state index contributed by atoms with van der Waals surface area (Å²) in [5.74, 6) is 0.443. The summed E-state index contributed by atoms with van der Waals surface area (Å²) in [5, 5.41) is 9.40. The first-order chi connectivity index (χ1) is 8.82. The van der Waals surface area contributed by atoms with Crippen molar-refractivity contribution in [2.24, 2.45) is 0 Å². The van der Waals surface area contributed by atoms with E-state index in [0.717, 1.165) is 5.56 Å². The lowest BCUT2D eigenvalue weighted by atomic mass is 10.0. The number of halogens is 3. The fourth-order valence-electron chi connectivity index (χ4n) is 2.13. The summed E-state index contributed by atoms with van der Waals surface area (Å²) < 4.78 is 48.5. The van der Waals surface area contributed by atoms with E-state index in [0.29, 0.717) is 12.2 Å². The van der Waals surface area contributed by atoms with Gasteiger partial charge in [0.2, 0.25) is 0 Å². The van der Waals surface area contributed by atoms with Crippen LogP contribution in [0.5, 0.6) is 11.5 Å². The maximum absolute atomic E-state index is 12.6. The monoisotopic (exact) mass is 276 g/mol. The van der Waals surface area contributed by atoms with Gasteiger partial charge < -0.3 is 14.6 Å². The van der Waals surface area contributed by atoms with Crippen molar-refractivity contribution in [3.63, 3.8) is 0 Å². The van der Waals surface area contributed by atoms with E-state index in [9.17, 15) is 18.3 Å². The number of aliphatic hydroxyl groups is 1. The highest BCUT2D eigenvalue weighted by Gasteiger charge is 2.41. The SMILES string of the molecule is CCOc1cc2c(cc1C(O)C(F)(F)F)OC(C)C2. The lowest BCUT2D eigenvalue weighted by molar-refractivity contribution is -0.207. The van der Waals surface area contributed by atoms with Gasteiger partial charge in [-0.1, -0.05) is 0 Å². The molecule has 1 aromatic carbocycles. The van der Waals surface area contributed by atoms with Gasteiger partial charge in [-0.05, 0) is 26.0 Å². The van der Waals surface area contributed by atoms with Crippen molar-refractivity contribution >= 4 is 0 Å². The fourth-order valence-corrected chi connectivity index (χ4v) is 2.13. The molecule has 0 saturated heterocycles. The lowest BCUT2D eigenvalue weighted by Gasteiger charge is -2.19. The molecule has 1 N–H and O–H groups in total. The molecule has 0 spiro atoms. The van der Waals surface area contributed by atoms with Crippen molar-refractivity contribution in [2.75, 3.05) is 6.61 Å². The molecule has 2 rings (SSSR count). The zero-order valence-corrected chi connectivity index (χ0v) is 10.6. The van der Waals surface area contributed by atoms with E-state index < -0.39 is 12.3 Å². The molecule has 0 aromatic heterocycles. The molecule has 1 heterocycles. The number of fused-ring (bicyclic) bond motifs is 1. The molecule has 6 heteroatoms. The molecule has 1 aliphatic heterocycles. The van der Waals surface area contributed by atoms with Crippen molar-refractivity contribution in [3.05, 3.63) is 23.3 Å². The van der Waals surface area contributed by atoms with Crippen LogP contribution in [-0.4, -0.2) is 24.0 Å². The van der Waals surface area contributed by atoms with Crippen LogP contribution < -0.4 is 9.47 Å². The van der Waals surface area contributed by atoms with Crippen LogP contribution in [0.25, 0.3) is 0 Å². The molecular weight excluding hydrogens is 261 g/mol. The van der Waals surface area contributed by atoms with Crippen LogP contribution in [0.3, 0.4) is 0 Å². The summed E-state index contributed by atoms with van der Waals surface area (Å²) in [5.41, 5.74) is 0.497. The smallest absolute Gasteiger partial charge is 0.418 e. The molecule has 0 bridgehead atoms. The minimum Gasteiger partial charge on any atom is -0.493 e. The Kier molecular flexibility index (Phi) is 3.62. The van der Waals surface area contributed by atoms with Gasteiger partial charge in [-0.15, -0.1) is 0 Å². The lowest BCUT2D eigenvalue weighted by Crippen LogP contribution is -2.21. The maximum Gasteiger partial charge on any atom is 0.418 e. The number of hydrogen-bond donors (Lipinski definition) is 1. The second-order valence-electron chi connectivity index (χ2n) is 4.51. The van der Waals surface area contributed by atoms with Gasteiger partial charge in [-0.3, -0.25) is 0 Å². The molecule has 19 heavy (non-hydrogen) atoms. The number of benzene rings is 1. The first-order valence-electron chi connectivity index (χ1n) is 6.04. The molecule has 0 saturated carbocycles. The summed E-state index contributed by atoms with van der Waals surface area (Å²) in [6.07, 6.45) is -6.76. The highest BCUT2D eigenvalue weighted by Crippen LogP contribution is 2.42. The molecule has 3 nitrogen and oxygen atoms in total. The third-order valence-electron chi connectivity index (χ3n) is 2.93. The van der Waals surface area contributed by atoms with E-state index in [1.54, 1.807) is 6.92 Å². The minimum atomic E-state index is -4.73. The van der Waals surface area contributed by atoms with Gasteiger partial charge >= 0.3 is 6.18 Å². The number of rotatable bonds is 3. The standard InChI is InChI=1S/C13H15F3O3/c1-3-18-11-5-8-4-7(2)19-10(8)6-9(11)12(17)13(14,15)16/h5-7,12,17H,3-4H2,1-2H3. The Balaban J connectivity index is 2.44. The zero-order chi connectivity index (χ0) is 14.2. The number of aliphatic hydroxyl groups excluding tert-OH is 1. The molecular formula is C13H15F3O3. The second kappa shape index (κ2) is 4.92. The topological polar surface area (TPSA) is 38.7 Å². The number of hydrogen-bond acceptors (Lipinski definition) is 3. The van der Waals surface area contributed by atoms with Crippen LogP contribution in [0.4, 0.5) is 13.2 Å². The fraction of sp³-hybridized carbons (Fsp3) is 0.538. The molecule has 106 valence electrons. The predicted octanol–water partition coefficient (Wildman–Crippen LogP) is 3.00. The van der Waals surface area contributed by atoms with E-state index in [2.05, 4.69) is 0 Å². The molecule has 1 aromatic rings. The highest BCUT2D eigenvalue weighted by atomic mass is 19.4. The molecule has 0 aliphatic carbocycles. The minimum absolute atomic E-state index is 0.0591. The van der Waals surface area contributed by atoms with Gasteiger partial charge in [0.1, 0.15) is 17.6 Å². The summed E-state index contributed by atoms with van der Waals surface area (Å²) in [4.78, 5) is 0. The highest BCUT2D eigenvalue weighted by molar-refractivity contribution is 5.49. The Bertz CT molecular complexity index is 471. The Labute approximate surface area is 108 Å². The van der Waals surface area contributed by atoms with Crippen LogP contribution in [0.15, 0.2) is 12.1 Å². The number of alkyl halides is 3. The van der Waals surface area contributed by atoms with Crippen molar-refractivity contribution in [1.82, 2.24) is 0 Å². The van der Waals surface area contributed by atoms with Gasteiger partial charge in [0.25, 0.3) is 0 Å². The van der Waals surface area contributed by atoms with Gasteiger partial charge in [0.15, 0.2) is 6.10 Å². The van der Waals surface area contributed by atoms with Crippen LogP contribution >= 0.6 is 0 Å². The van der Waals surface area contributed by atoms with E-state index in [1.165, 1.54) is 12.1 Å². The summed E-state index contributed by atoms with van der Waals surface area (Å²) in [6, 6.07) is 2.74. The van der Waals surface area contributed by atoms with Crippen molar-refractivity contribution in [2.45, 2.75) is 38.7 Å². The van der Waals surface area contributed by atoms with Gasteiger partial charge in [-0.25, -0.2) is 0 Å². The van der Waals surface area contributed by atoms with Gasteiger partial charge in [-0.2, -0.15) is 13.2 Å². The van der Waals surface area contributed by atoms with Crippen LogP contribution in [0.1, 0.15) is 31.1 Å². The first kappa shape index (κ1) is 14.0. The van der Waals surface area contributed by atoms with Crippen LogP contribution in [0, 0.1) is 0 Å². The average molecular weight is 276 g/mol. The Morgan fingerprint density at radius 1 is 1.47 bits per heavy atom. The van der Waals surface area contributed by atoms with Crippen molar-refractivity contribution in [3.8, 4) is 11.5 Å². The Morgan fingerprint density at radius 2 is 2.16 bits per heavy atom. The number of ether oxygens (including phenoxy) is 2. The summed E-state index contributed by atoms with van der Waals surface area (Å²) >= 11 is 0. The zero-order valence-electron chi connectivity index (χ0n) is 10.6. The van der Waals surface area contributed by atoms with E-state index in [-0.39, 0.29) is 24.0 Å². The van der Waals surface area contributed by atoms with Gasteiger partial charge in [0, 0.05) is 17.5 Å². The molecule has 0 fully saturated rings. The van der Waals surface area contributed by atoms with Crippen molar-refractivity contribution < 1.29 is 27.8 Å². The second-order valence-corrected chi connectivity index (χ2v) is 4.51. The largest absolute Gasteiger partial charge is 0.493 e. The van der Waals surface area contributed by atoms with E-state index >= 15 is 0 Å². The summed E-state index contributed by atoms with van der Waals surface area (Å²) in [7, 11) is 0. The van der Waals surface area contributed by atoms with E-state index in [1.807, 2.05) is 6.92 Å².